The van der Waals surface area contributed by atoms with Gasteiger partial charge >= 0.3 is 5.97 Å². The third-order valence-electron chi connectivity index (χ3n) is 0.625. The summed E-state index contributed by atoms with van der Waals surface area (Å²) in [6.07, 6.45) is 3.95. The number of rotatable bonds is 3. The van der Waals surface area contributed by atoms with Crippen LogP contribution in [0.2, 0.25) is 0 Å². The number of carbonyl (C=O) groups is 1. The molecule has 11 heavy (non-hydrogen) atoms. The SMILES string of the molecule is C=C.C=CC(=O)OCC=CN. The standard InChI is InChI=1S/C6H9NO2.C2H4/c1-2-6(8)9-5-3-4-7;1-2/h2-4H,1,5,7H2;1-2H2. The molecule has 0 saturated heterocycles. The normalized spacial score (nSPS) is 8.00. The van der Waals surface area contributed by atoms with Gasteiger partial charge in [-0.3, -0.25) is 0 Å². The van der Waals surface area contributed by atoms with Crippen LogP contribution in [-0.4, -0.2) is 12.6 Å². The van der Waals surface area contributed by atoms with Crippen molar-refractivity contribution in [2.24, 2.45) is 5.73 Å². The molecule has 0 radical (unpaired) electrons. The van der Waals surface area contributed by atoms with Gasteiger partial charge in [-0.25, -0.2) is 4.79 Å². The minimum Gasteiger partial charge on any atom is -0.458 e. The third kappa shape index (κ3) is 11.9. The maximum atomic E-state index is 10.3. The average molecular weight is 155 g/mol. The van der Waals surface area contributed by atoms with E-state index in [9.17, 15) is 4.79 Å². The fourth-order valence-electron chi connectivity index (χ4n) is 0.245. The smallest absolute Gasteiger partial charge is 0.330 e. The lowest BCUT2D eigenvalue weighted by molar-refractivity contribution is -0.136. The van der Waals surface area contributed by atoms with Gasteiger partial charge in [0.15, 0.2) is 0 Å². The monoisotopic (exact) mass is 155 g/mol. The number of carbonyl (C=O) groups excluding carboxylic acids is 1. The Bertz CT molecular complexity index is 141. The van der Waals surface area contributed by atoms with Crippen molar-refractivity contribution in [1.82, 2.24) is 0 Å². The molecule has 3 heteroatoms. The summed E-state index contributed by atoms with van der Waals surface area (Å²) in [4.78, 5) is 10.3. The molecule has 0 aromatic rings. The van der Waals surface area contributed by atoms with Crippen molar-refractivity contribution in [3.63, 3.8) is 0 Å². The van der Waals surface area contributed by atoms with Crippen molar-refractivity contribution in [3.8, 4) is 0 Å². The van der Waals surface area contributed by atoms with E-state index in [0.717, 1.165) is 6.08 Å². The van der Waals surface area contributed by atoms with Crippen LogP contribution < -0.4 is 5.73 Å². The molecule has 62 valence electrons. The summed E-state index contributed by atoms with van der Waals surface area (Å²) >= 11 is 0. The Balaban J connectivity index is 0. The van der Waals surface area contributed by atoms with Gasteiger partial charge in [0.25, 0.3) is 0 Å². The number of hydrogen-bond donors (Lipinski definition) is 1. The predicted molar refractivity (Wildman–Crippen MR) is 45.7 cm³/mol. The molecule has 0 spiro atoms. The van der Waals surface area contributed by atoms with Crippen molar-refractivity contribution in [3.05, 3.63) is 38.1 Å². The van der Waals surface area contributed by atoms with Crippen LogP contribution in [0.25, 0.3) is 0 Å². The van der Waals surface area contributed by atoms with E-state index in [4.69, 9.17) is 5.73 Å². The van der Waals surface area contributed by atoms with E-state index in [0.29, 0.717) is 0 Å². The Morgan fingerprint density at radius 1 is 1.55 bits per heavy atom. The summed E-state index contributed by atoms with van der Waals surface area (Å²) in [6.45, 7) is 9.42. The van der Waals surface area contributed by atoms with Crippen LogP contribution in [0.5, 0.6) is 0 Å². The zero-order valence-electron chi connectivity index (χ0n) is 6.45. The largest absolute Gasteiger partial charge is 0.458 e. The van der Waals surface area contributed by atoms with E-state index in [2.05, 4.69) is 24.5 Å². The molecular formula is C8H13NO2. The highest BCUT2D eigenvalue weighted by Crippen LogP contribution is 1.78. The molecular weight excluding hydrogens is 142 g/mol. The molecule has 0 unspecified atom stereocenters. The summed E-state index contributed by atoms with van der Waals surface area (Å²) in [6, 6.07) is 0. The fraction of sp³-hybridized carbons (Fsp3) is 0.125. The molecule has 0 aliphatic heterocycles. The van der Waals surface area contributed by atoms with Gasteiger partial charge in [-0.15, -0.1) is 13.2 Å². The molecule has 0 aromatic carbocycles. The van der Waals surface area contributed by atoms with E-state index in [-0.39, 0.29) is 6.61 Å². The Hall–Kier alpha value is -1.51. The first-order valence-electron chi connectivity index (χ1n) is 2.97. The third-order valence-corrected chi connectivity index (χ3v) is 0.625. The Kier molecular flexibility index (Phi) is 12.5. The molecule has 0 heterocycles. The van der Waals surface area contributed by atoms with Crippen molar-refractivity contribution >= 4 is 5.97 Å². The average Bonchev–Trinajstić information content (AvgIpc) is 2.08. The van der Waals surface area contributed by atoms with Gasteiger partial charge in [-0.1, -0.05) is 6.58 Å². The Labute approximate surface area is 66.8 Å². The maximum absolute atomic E-state index is 10.3. The van der Waals surface area contributed by atoms with Gasteiger partial charge in [0.05, 0.1) is 0 Å². The molecule has 0 aromatic heterocycles. The summed E-state index contributed by atoms with van der Waals surface area (Å²) in [5.41, 5.74) is 4.96. The summed E-state index contributed by atoms with van der Waals surface area (Å²) in [7, 11) is 0. The highest BCUT2D eigenvalue weighted by atomic mass is 16.5. The summed E-state index contributed by atoms with van der Waals surface area (Å²) in [5, 5.41) is 0. The van der Waals surface area contributed by atoms with Crippen LogP contribution in [-0.2, 0) is 9.53 Å². The quantitative estimate of drug-likeness (QED) is 0.375. The van der Waals surface area contributed by atoms with Gasteiger partial charge in [0.2, 0.25) is 0 Å². The number of ether oxygens (including phenoxy) is 1. The molecule has 0 rings (SSSR count). The molecule has 0 amide bonds. The van der Waals surface area contributed by atoms with Crippen LogP contribution in [0.1, 0.15) is 0 Å². The predicted octanol–water partition coefficient (Wildman–Crippen LogP) is 0.990. The Morgan fingerprint density at radius 2 is 2.09 bits per heavy atom. The zero-order chi connectivity index (χ0) is 9.11. The van der Waals surface area contributed by atoms with Crippen LogP contribution in [0.3, 0.4) is 0 Å². The first kappa shape index (κ1) is 12.2. The lowest BCUT2D eigenvalue weighted by Gasteiger charge is -1.92. The van der Waals surface area contributed by atoms with Crippen LogP contribution in [0.15, 0.2) is 38.1 Å². The lowest BCUT2D eigenvalue weighted by Crippen LogP contribution is -1.99. The molecule has 3 nitrogen and oxygen atoms in total. The molecule has 0 aliphatic rings. The first-order chi connectivity index (χ1) is 5.31. The van der Waals surface area contributed by atoms with E-state index in [1.54, 1.807) is 0 Å². The van der Waals surface area contributed by atoms with E-state index in [1.807, 2.05) is 0 Å². The minimum atomic E-state index is -0.437. The summed E-state index contributed by atoms with van der Waals surface area (Å²) in [5.74, 6) is -0.437. The molecule has 0 fully saturated rings. The van der Waals surface area contributed by atoms with Crippen molar-refractivity contribution in [1.29, 1.82) is 0 Å². The molecule has 0 atom stereocenters. The van der Waals surface area contributed by atoms with Crippen LogP contribution in [0.4, 0.5) is 0 Å². The second-order valence-corrected chi connectivity index (χ2v) is 1.26. The number of esters is 1. The second-order valence-electron chi connectivity index (χ2n) is 1.26. The fourth-order valence-corrected chi connectivity index (χ4v) is 0.245. The van der Waals surface area contributed by atoms with Crippen molar-refractivity contribution < 1.29 is 9.53 Å². The highest BCUT2D eigenvalue weighted by Gasteiger charge is 1.88. The zero-order valence-corrected chi connectivity index (χ0v) is 6.45. The molecule has 0 aliphatic carbocycles. The molecule has 2 N–H and O–H groups in total. The maximum Gasteiger partial charge on any atom is 0.330 e. The first-order valence-corrected chi connectivity index (χ1v) is 2.97. The number of nitrogens with two attached hydrogens (primary N) is 1. The van der Waals surface area contributed by atoms with E-state index < -0.39 is 5.97 Å². The topological polar surface area (TPSA) is 52.3 Å². The van der Waals surface area contributed by atoms with E-state index in [1.165, 1.54) is 12.3 Å². The second kappa shape index (κ2) is 11.3. The minimum absolute atomic E-state index is 0.210. The van der Waals surface area contributed by atoms with Gasteiger partial charge in [0.1, 0.15) is 6.61 Å². The lowest BCUT2D eigenvalue weighted by atomic mass is 10.6. The highest BCUT2D eigenvalue weighted by molar-refractivity contribution is 5.81. The van der Waals surface area contributed by atoms with Gasteiger partial charge in [0, 0.05) is 6.08 Å². The van der Waals surface area contributed by atoms with Gasteiger partial charge < -0.3 is 10.5 Å². The van der Waals surface area contributed by atoms with Crippen LogP contribution >= 0.6 is 0 Å². The van der Waals surface area contributed by atoms with Gasteiger partial charge in [-0.2, -0.15) is 0 Å². The Morgan fingerprint density at radius 3 is 2.45 bits per heavy atom. The molecule has 0 bridgehead atoms. The van der Waals surface area contributed by atoms with Gasteiger partial charge in [-0.05, 0) is 12.3 Å². The summed E-state index contributed by atoms with van der Waals surface area (Å²) < 4.78 is 4.51. The van der Waals surface area contributed by atoms with Crippen molar-refractivity contribution in [2.45, 2.75) is 0 Å². The number of hydrogen-bond acceptors (Lipinski definition) is 3. The van der Waals surface area contributed by atoms with E-state index >= 15 is 0 Å². The molecule has 0 saturated carbocycles. The van der Waals surface area contributed by atoms with Crippen molar-refractivity contribution in [2.75, 3.05) is 6.61 Å². The van der Waals surface area contributed by atoms with Crippen LogP contribution in [0, 0.1) is 0 Å².